The van der Waals surface area contributed by atoms with Crippen LogP contribution in [0.4, 0.5) is 0 Å². The minimum Gasteiger partial charge on any atom is -0.457 e. The molecule has 2 aromatic rings. The Hall–Kier alpha value is -1.98. The molecule has 2 nitrogen and oxygen atoms in total. The van der Waals surface area contributed by atoms with Crippen molar-refractivity contribution in [2.75, 3.05) is 0 Å². The third-order valence-corrected chi connectivity index (χ3v) is 2.45. The molecule has 0 aliphatic heterocycles. The summed E-state index contributed by atoms with van der Waals surface area (Å²) < 4.78 is 5.65. The molecule has 0 spiro atoms. The van der Waals surface area contributed by atoms with E-state index in [1.807, 2.05) is 36.4 Å². The fourth-order valence-corrected chi connectivity index (χ4v) is 1.66. The van der Waals surface area contributed by atoms with Crippen molar-refractivity contribution in [3.8, 4) is 17.6 Å². The maximum absolute atomic E-state index is 8.63. The second-order valence-electron chi connectivity index (χ2n) is 3.54. The average Bonchev–Trinajstić information content (AvgIpc) is 2.30. The standard InChI is InChI=1S/C14H10ClNO/c15-12-4-2-6-14(10-12)17-13-5-1-3-11(9-13)7-8-16/h1-6,9-10H,7H2. The molecule has 0 radical (unpaired) electrons. The highest BCUT2D eigenvalue weighted by molar-refractivity contribution is 6.30. The highest BCUT2D eigenvalue weighted by atomic mass is 35.5. The summed E-state index contributed by atoms with van der Waals surface area (Å²) in [5.74, 6) is 1.40. The van der Waals surface area contributed by atoms with Crippen LogP contribution in [0.25, 0.3) is 0 Å². The molecule has 0 unspecified atom stereocenters. The monoisotopic (exact) mass is 243 g/mol. The Morgan fingerprint density at radius 1 is 1.06 bits per heavy atom. The van der Waals surface area contributed by atoms with E-state index in [1.165, 1.54) is 0 Å². The lowest BCUT2D eigenvalue weighted by atomic mass is 10.1. The van der Waals surface area contributed by atoms with Gasteiger partial charge in [0.05, 0.1) is 12.5 Å². The lowest BCUT2D eigenvalue weighted by molar-refractivity contribution is 0.482. The van der Waals surface area contributed by atoms with Gasteiger partial charge in [-0.25, -0.2) is 0 Å². The van der Waals surface area contributed by atoms with Gasteiger partial charge in [-0.3, -0.25) is 0 Å². The number of ether oxygens (including phenoxy) is 1. The molecule has 84 valence electrons. The zero-order valence-corrected chi connectivity index (χ0v) is 9.82. The molecule has 0 aliphatic carbocycles. The predicted octanol–water partition coefficient (Wildman–Crippen LogP) is 4.20. The molecule has 0 saturated carbocycles. The van der Waals surface area contributed by atoms with Gasteiger partial charge in [0, 0.05) is 5.02 Å². The van der Waals surface area contributed by atoms with Crippen LogP contribution in [0.15, 0.2) is 48.5 Å². The Morgan fingerprint density at radius 2 is 1.76 bits per heavy atom. The zero-order chi connectivity index (χ0) is 12.1. The summed E-state index contributed by atoms with van der Waals surface area (Å²) in [7, 11) is 0. The number of rotatable bonds is 3. The molecule has 0 fully saturated rings. The second kappa shape index (κ2) is 5.38. The number of halogens is 1. The topological polar surface area (TPSA) is 33.0 Å². The number of hydrogen-bond donors (Lipinski definition) is 0. The van der Waals surface area contributed by atoms with Crippen molar-refractivity contribution in [3.63, 3.8) is 0 Å². The van der Waals surface area contributed by atoms with Crippen LogP contribution in [-0.4, -0.2) is 0 Å². The molecule has 0 saturated heterocycles. The van der Waals surface area contributed by atoms with Gasteiger partial charge in [0.2, 0.25) is 0 Å². The van der Waals surface area contributed by atoms with E-state index < -0.39 is 0 Å². The van der Waals surface area contributed by atoms with Crippen molar-refractivity contribution in [1.29, 1.82) is 5.26 Å². The van der Waals surface area contributed by atoms with Crippen LogP contribution in [0.3, 0.4) is 0 Å². The average molecular weight is 244 g/mol. The minimum absolute atomic E-state index is 0.382. The van der Waals surface area contributed by atoms with E-state index in [2.05, 4.69) is 6.07 Å². The summed E-state index contributed by atoms with van der Waals surface area (Å²) in [5, 5.41) is 9.26. The van der Waals surface area contributed by atoms with Gasteiger partial charge in [-0.1, -0.05) is 29.8 Å². The molecule has 0 amide bonds. The first-order chi connectivity index (χ1) is 8.28. The highest BCUT2D eigenvalue weighted by Crippen LogP contribution is 2.24. The van der Waals surface area contributed by atoms with E-state index in [0.29, 0.717) is 22.9 Å². The molecule has 0 heterocycles. The van der Waals surface area contributed by atoms with Gasteiger partial charge in [-0.05, 0) is 35.9 Å². The normalized spacial score (nSPS) is 9.65. The Morgan fingerprint density at radius 3 is 2.47 bits per heavy atom. The summed E-state index contributed by atoms with van der Waals surface area (Å²) >= 11 is 5.87. The van der Waals surface area contributed by atoms with Crippen molar-refractivity contribution >= 4 is 11.6 Å². The molecule has 0 atom stereocenters. The van der Waals surface area contributed by atoms with E-state index in [-0.39, 0.29) is 0 Å². The van der Waals surface area contributed by atoms with Crippen molar-refractivity contribution in [1.82, 2.24) is 0 Å². The molecule has 2 aromatic carbocycles. The van der Waals surface area contributed by atoms with Gasteiger partial charge in [-0.2, -0.15) is 5.26 Å². The van der Waals surface area contributed by atoms with E-state index in [1.54, 1.807) is 12.1 Å². The van der Waals surface area contributed by atoms with Gasteiger partial charge < -0.3 is 4.74 Å². The fourth-order valence-electron chi connectivity index (χ4n) is 1.48. The molecule has 0 N–H and O–H groups in total. The second-order valence-corrected chi connectivity index (χ2v) is 3.98. The molecular formula is C14H10ClNO. The van der Waals surface area contributed by atoms with Crippen LogP contribution in [0.5, 0.6) is 11.5 Å². The number of nitriles is 1. The van der Waals surface area contributed by atoms with Crippen molar-refractivity contribution in [3.05, 3.63) is 59.1 Å². The van der Waals surface area contributed by atoms with Crippen molar-refractivity contribution < 1.29 is 4.74 Å². The molecule has 3 heteroatoms. The summed E-state index contributed by atoms with van der Waals surface area (Å²) in [6, 6.07) is 16.8. The maximum atomic E-state index is 8.63. The Labute approximate surface area is 105 Å². The number of benzene rings is 2. The molecule has 2 rings (SSSR count). The molecule has 0 bridgehead atoms. The third kappa shape index (κ3) is 3.24. The van der Waals surface area contributed by atoms with E-state index >= 15 is 0 Å². The number of hydrogen-bond acceptors (Lipinski definition) is 2. The summed E-state index contributed by atoms with van der Waals surface area (Å²) in [5.41, 5.74) is 0.937. The SMILES string of the molecule is N#CCc1cccc(Oc2cccc(Cl)c2)c1. The lowest BCUT2D eigenvalue weighted by Crippen LogP contribution is -1.86. The molecule has 0 aliphatic rings. The Bertz CT molecular complexity index is 560. The fraction of sp³-hybridized carbons (Fsp3) is 0.0714. The lowest BCUT2D eigenvalue weighted by Gasteiger charge is -2.06. The predicted molar refractivity (Wildman–Crippen MR) is 67.3 cm³/mol. The summed E-state index contributed by atoms with van der Waals surface area (Å²) in [6.45, 7) is 0. The van der Waals surface area contributed by atoms with Gasteiger partial charge in [0.15, 0.2) is 0 Å². The Balaban J connectivity index is 2.19. The van der Waals surface area contributed by atoms with Crippen LogP contribution >= 0.6 is 11.6 Å². The number of nitrogens with zero attached hydrogens (tertiary/aromatic N) is 1. The molecular weight excluding hydrogens is 234 g/mol. The Kier molecular flexibility index (Phi) is 3.64. The van der Waals surface area contributed by atoms with Crippen LogP contribution in [-0.2, 0) is 6.42 Å². The van der Waals surface area contributed by atoms with Crippen LogP contribution in [0.1, 0.15) is 5.56 Å². The zero-order valence-electron chi connectivity index (χ0n) is 9.06. The smallest absolute Gasteiger partial charge is 0.128 e. The van der Waals surface area contributed by atoms with Gasteiger partial charge >= 0.3 is 0 Å². The van der Waals surface area contributed by atoms with E-state index in [0.717, 1.165) is 5.56 Å². The summed E-state index contributed by atoms with van der Waals surface area (Å²) in [4.78, 5) is 0. The van der Waals surface area contributed by atoms with Gasteiger partial charge in [0.25, 0.3) is 0 Å². The van der Waals surface area contributed by atoms with Crippen LogP contribution in [0, 0.1) is 11.3 Å². The molecule has 0 aromatic heterocycles. The third-order valence-electron chi connectivity index (χ3n) is 2.21. The van der Waals surface area contributed by atoms with Gasteiger partial charge in [0.1, 0.15) is 11.5 Å². The largest absolute Gasteiger partial charge is 0.457 e. The maximum Gasteiger partial charge on any atom is 0.128 e. The summed E-state index contributed by atoms with van der Waals surface area (Å²) in [6.07, 6.45) is 0.382. The van der Waals surface area contributed by atoms with Crippen molar-refractivity contribution in [2.24, 2.45) is 0 Å². The van der Waals surface area contributed by atoms with E-state index in [9.17, 15) is 0 Å². The first-order valence-electron chi connectivity index (χ1n) is 5.17. The first-order valence-corrected chi connectivity index (χ1v) is 5.55. The highest BCUT2D eigenvalue weighted by Gasteiger charge is 1.99. The quantitative estimate of drug-likeness (QED) is 0.810. The van der Waals surface area contributed by atoms with Crippen LogP contribution < -0.4 is 4.74 Å². The first kappa shape index (κ1) is 11.5. The van der Waals surface area contributed by atoms with E-state index in [4.69, 9.17) is 21.6 Å². The van der Waals surface area contributed by atoms with Crippen LogP contribution in [0.2, 0.25) is 5.02 Å². The minimum atomic E-state index is 0.382. The van der Waals surface area contributed by atoms with Gasteiger partial charge in [-0.15, -0.1) is 0 Å². The molecule has 17 heavy (non-hydrogen) atoms. The van der Waals surface area contributed by atoms with Crippen molar-refractivity contribution in [2.45, 2.75) is 6.42 Å².